The van der Waals surface area contributed by atoms with E-state index in [2.05, 4.69) is 29.2 Å². The number of likely N-dealkylation sites (N-methyl/N-ethyl adjacent to an activating group) is 1. The summed E-state index contributed by atoms with van der Waals surface area (Å²) in [7, 11) is 4.15. The molecule has 1 fully saturated rings. The van der Waals surface area contributed by atoms with E-state index in [-0.39, 0.29) is 5.82 Å². The molecule has 1 aromatic rings. The van der Waals surface area contributed by atoms with Gasteiger partial charge in [-0.05, 0) is 63.4 Å². The molecular weight excluding hydrogens is 261 g/mol. The molecule has 0 aliphatic carbocycles. The maximum atomic E-state index is 12.9. The lowest BCUT2D eigenvalue weighted by molar-refractivity contribution is 0.288. The van der Waals surface area contributed by atoms with E-state index < -0.39 is 0 Å². The van der Waals surface area contributed by atoms with E-state index in [1.54, 1.807) is 12.1 Å². The van der Waals surface area contributed by atoms with Crippen LogP contribution in [-0.2, 0) is 0 Å². The molecule has 0 aromatic heterocycles. The molecule has 1 atom stereocenters. The highest BCUT2D eigenvalue weighted by molar-refractivity contribution is 7.80. The maximum Gasteiger partial charge on any atom is 0.173 e. The lowest BCUT2D eigenvalue weighted by Crippen LogP contribution is -2.43. The van der Waals surface area contributed by atoms with Crippen LogP contribution in [-0.4, -0.2) is 48.1 Å². The third-order valence-electron chi connectivity index (χ3n) is 3.31. The van der Waals surface area contributed by atoms with Gasteiger partial charge in [0.25, 0.3) is 0 Å². The number of hydrogen-bond donors (Lipinski definition) is 1. The van der Waals surface area contributed by atoms with Gasteiger partial charge in [0, 0.05) is 24.8 Å². The second kappa shape index (κ2) is 6.30. The van der Waals surface area contributed by atoms with Crippen LogP contribution in [0.1, 0.15) is 12.8 Å². The van der Waals surface area contributed by atoms with Crippen molar-refractivity contribution >= 4 is 23.0 Å². The van der Waals surface area contributed by atoms with Crippen molar-refractivity contribution in [3.63, 3.8) is 0 Å². The van der Waals surface area contributed by atoms with Crippen molar-refractivity contribution in [3.8, 4) is 0 Å². The summed E-state index contributed by atoms with van der Waals surface area (Å²) in [4.78, 5) is 4.42. The lowest BCUT2D eigenvalue weighted by atomic mass is 10.2. The minimum atomic E-state index is -0.233. The van der Waals surface area contributed by atoms with Crippen LogP contribution in [0.15, 0.2) is 24.3 Å². The summed E-state index contributed by atoms with van der Waals surface area (Å²) in [5.41, 5.74) is 0.835. The Morgan fingerprint density at radius 2 is 2.11 bits per heavy atom. The van der Waals surface area contributed by atoms with E-state index in [9.17, 15) is 4.39 Å². The second-order valence-electron chi connectivity index (χ2n) is 5.19. The van der Waals surface area contributed by atoms with Crippen LogP contribution in [0.5, 0.6) is 0 Å². The fourth-order valence-electron chi connectivity index (χ4n) is 2.44. The number of thiocarbonyl (C=S) groups is 1. The zero-order valence-corrected chi connectivity index (χ0v) is 12.2. The highest BCUT2D eigenvalue weighted by Gasteiger charge is 2.26. The topological polar surface area (TPSA) is 18.5 Å². The van der Waals surface area contributed by atoms with Crippen molar-refractivity contribution in [1.29, 1.82) is 0 Å². The highest BCUT2D eigenvalue weighted by Crippen LogP contribution is 2.19. The summed E-state index contributed by atoms with van der Waals surface area (Å²) in [5.74, 6) is -0.233. The number of halogens is 1. The molecule has 1 aliphatic rings. The number of benzene rings is 1. The molecule has 19 heavy (non-hydrogen) atoms. The third kappa shape index (κ3) is 3.88. The Bertz CT molecular complexity index is 433. The first-order valence-electron chi connectivity index (χ1n) is 6.54. The molecule has 0 radical (unpaired) electrons. The van der Waals surface area contributed by atoms with Gasteiger partial charge in [-0.25, -0.2) is 4.39 Å². The van der Waals surface area contributed by atoms with Gasteiger partial charge < -0.3 is 15.1 Å². The molecule has 104 valence electrons. The molecule has 2 rings (SSSR count). The normalized spacial score (nSPS) is 18.9. The predicted molar refractivity (Wildman–Crippen MR) is 80.9 cm³/mol. The van der Waals surface area contributed by atoms with Gasteiger partial charge in [-0.3, -0.25) is 0 Å². The van der Waals surface area contributed by atoms with Crippen LogP contribution in [0.4, 0.5) is 10.1 Å². The van der Waals surface area contributed by atoms with Gasteiger partial charge in [-0.15, -0.1) is 0 Å². The summed E-state index contributed by atoms with van der Waals surface area (Å²) < 4.78 is 12.9. The van der Waals surface area contributed by atoms with Crippen LogP contribution >= 0.6 is 12.2 Å². The van der Waals surface area contributed by atoms with E-state index in [1.165, 1.54) is 25.0 Å². The summed E-state index contributed by atoms with van der Waals surface area (Å²) in [6.07, 6.45) is 2.34. The molecule has 1 aromatic carbocycles. The zero-order chi connectivity index (χ0) is 13.8. The van der Waals surface area contributed by atoms with Crippen LogP contribution in [0.3, 0.4) is 0 Å². The Labute approximate surface area is 119 Å². The molecule has 1 aliphatic heterocycles. The number of rotatable bonds is 3. The quantitative estimate of drug-likeness (QED) is 0.858. The van der Waals surface area contributed by atoms with E-state index in [4.69, 9.17) is 12.2 Å². The summed E-state index contributed by atoms with van der Waals surface area (Å²) in [5, 5.41) is 3.92. The van der Waals surface area contributed by atoms with Gasteiger partial charge in [0.1, 0.15) is 5.82 Å². The van der Waals surface area contributed by atoms with Crippen molar-refractivity contribution < 1.29 is 4.39 Å². The average molecular weight is 281 g/mol. The second-order valence-corrected chi connectivity index (χ2v) is 5.58. The van der Waals surface area contributed by atoms with E-state index in [1.807, 2.05) is 0 Å². The molecule has 3 nitrogen and oxygen atoms in total. The van der Waals surface area contributed by atoms with Crippen LogP contribution in [0.2, 0.25) is 0 Å². The molecule has 1 unspecified atom stereocenters. The first-order chi connectivity index (χ1) is 9.06. The van der Waals surface area contributed by atoms with Crippen molar-refractivity contribution in [2.45, 2.75) is 18.9 Å². The summed E-state index contributed by atoms with van der Waals surface area (Å²) in [6.45, 7) is 2.00. The molecule has 1 heterocycles. The molecule has 1 saturated heterocycles. The molecule has 0 spiro atoms. The molecule has 5 heteroatoms. The number of hydrogen-bond acceptors (Lipinski definition) is 2. The molecular formula is C14H20FN3S. The van der Waals surface area contributed by atoms with E-state index >= 15 is 0 Å². The first kappa shape index (κ1) is 14.2. The Morgan fingerprint density at radius 3 is 2.74 bits per heavy atom. The Balaban J connectivity index is 1.97. The van der Waals surface area contributed by atoms with Crippen molar-refractivity contribution in [2.24, 2.45) is 0 Å². The third-order valence-corrected chi connectivity index (χ3v) is 3.65. The van der Waals surface area contributed by atoms with Gasteiger partial charge in [-0.1, -0.05) is 0 Å². The maximum absolute atomic E-state index is 12.9. The molecule has 1 N–H and O–H groups in total. The van der Waals surface area contributed by atoms with Gasteiger partial charge in [-0.2, -0.15) is 0 Å². The SMILES string of the molecule is CN(C)CC1CCCN1C(=S)Nc1ccc(F)cc1. The Kier molecular flexibility index (Phi) is 4.71. The van der Waals surface area contributed by atoms with E-state index in [0.29, 0.717) is 6.04 Å². The van der Waals surface area contributed by atoms with Crippen molar-refractivity contribution in [3.05, 3.63) is 30.1 Å². The van der Waals surface area contributed by atoms with Crippen LogP contribution < -0.4 is 5.32 Å². The number of anilines is 1. The minimum Gasteiger partial charge on any atom is -0.345 e. The smallest absolute Gasteiger partial charge is 0.173 e. The minimum absolute atomic E-state index is 0.233. The van der Waals surface area contributed by atoms with Gasteiger partial charge in [0.2, 0.25) is 0 Å². The van der Waals surface area contributed by atoms with Gasteiger partial charge in [0.15, 0.2) is 5.11 Å². The Morgan fingerprint density at radius 1 is 1.42 bits per heavy atom. The fourth-order valence-corrected chi connectivity index (χ4v) is 2.80. The van der Waals surface area contributed by atoms with Crippen molar-refractivity contribution in [2.75, 3.05) is 32.5 Å². The van der Waals surface area contributed by atoms with E-state index in [0.717, 1.165) is 23.9 Å². The van der Waals surface area contributed by atoms with Crippen LogP contribution in [0, 0.1) is 5.82 Å². The van der Waals surface area contributed by atoms with Gasteiger partial charge >= 0.3 is 0 Å². The predicted octanol–water partition coefficient (Wildman–Crippen LogP) is 2.55. The standard InChI is InChI=1S/C14H20FN3S/c1-17(2)10-13-4-3-9-18(13)14(19)16-12-7-5-11(15)6-8-12/h5-8,13H,3-4,9-10H2,1-2H3,(H,16,19). The number of likely N-dealkylation sites (tertiary alicyclic amines) is 1. The van der Waals surface area contributed by atoms with Crippen LogP contribution in [0.25, 0.3) is 0 Å². The fraction of sp³-hybridized carbons (Fsp3) is 0.500. The highest BCUT2D eigenvalue weighted by atomic mass is 32.1. The largest absolute Gasteiger partial charge is 0.345 e. The summed E-state index contributed by atoms with van der Waals surface area (Å²) in [6, 6.07) is 6.76. The lowest BCUT2D eigenvalue weighted by Gasteiger charge is -2.29. The molecule has 0 amide bonds. The average Bonchev–Trinajstić information content (AvgIpc) is 2.79. The first-order valence-corrected chi connectivity index (χ1v) is 6.95. The molecule has 0 saturated carbocycles. The van der Waals surface area contributed by atoms with Gasteiger partial charge in [0.05, 0.1) is 0 Å². The van der Waals surface area contributed by atoms with Crippen molar-refractivity contribution in [1.82, 2.24) is 9.80 Å². The summed E-state index contributed by atoms with van der Waals surface area (Å²) >= 11 is 5.46. The Hall–Kier alpha value is -1.20. The molecule has 0 bridgehead atoms. The number of nitrogens with one attached hydrogen (secondary N) is 1. The zero-order valence-electron chi connectivity index (χ0n) is 11.4. The number of nitrogens with zero attached hydrogens (tertiary/aromatic N) is 2. The monoisotopic (exact) mass is 281 g/mol.